The average molecular weight is 820 g/mol. The first kappa shape index (κ1) is 42.9. The third-order valence-corrected chi connectivity index (χ3v) is 19.5. The molecule has 4 nitrogen and oxygen atoms in total. The molecule has 0 N–H and O–H groups in total. The second kappa shape index (κ2) is 18.5. The van der Waals surface area contributed by atoms with Crippen molar-refractivity contribution in [2.45, 2.75) is 75.5 Å². The first-order chi connectivity index (χ1) is 23.9. The maximum Gasteiger partial charge on any atom is 0.0945 e. The molecule has 0 atom stereocenters. The molecule has 0 amide bonds. The number of hydrogen-bond acceptors (Lipinski definition) is 4. The summed E-state index contributed by atoms with van der Waals surface area (Å²) in [5.74, 6) is 0. The SMILES string of the molecule is CC(C)(c1ccccn1)[SiH](c1ccccc1)C(C)(C)c1ccccn1.CC(C)(c1ccccn1)[SiH](c1ccccc1)C(C)(C)c1ccccn1.[Cu].[Cu]. The number of nitrogens with zero attached hydrogens (tertiary/aromatic N) is 4. The summed E-state index contributed by atoms with van der Waals surface area (Å²) in [5.41, 5.74) is 4.66. The molecule has 2 radical (unpaired) electrons. The van der Waals surface area contributed by atoms with Crippen LogP contribution in [0.15, 0.2) is 158 Å². The Labute approximate surface area is 336 Å². The van der Waals surface area contributed by atoms with Gasteiger partial charge in [-0.25, -0.2) is 0 Å². The fourth-order valence-electron chi connectivity index (χ4n) is 8.33. The zero-order chi connectivity index (χ0) is 35.8. The maximum atomic E-state index is 4.72. The minimum atomic E-state index is -1.59. The minimum Gasteiger partial charge on any atom is -0.261 e. The fourth-order valence-corrected chi connectivity index (χ4v) is 18.4. The van der Waals surface area contributed by atoms with Crippen LogP contribution < -0.4 is 10.4 Å². The van der Waals surface area contributed by atoms with E-state index < -0.39 is 17.6 Å². The fraction of sp³-hybridized carbons (Fsp3) is 0.273. The molecule has 0 saturated heterocycles. The van der Waals surface area contributed by atoms with Crippen molar-refractivity contribution in [1.29, 1.82) is 0 Å². The Balaban J connectivity index is 0.000000270. The topological polar surface area (TPSA) is 51.6 Å². The molecule has 0 aliphatic rings. The smallest absolute Gasteiger partial charge is 0.0945 e. The molecule has 6 rings (SSSR count). The van der Waals surface area contributed by atoms with Crippen LogP contribution in [0.25, 0.3) is 0 Å². The zero-order valence-electron chi connectivity index (χ0n) is 31.6. The summed E-state index contributed by atoms with van der Waals surface area (Å²) in [7, 11) is -3.18. The molecule has 52 heavy (non-hydrogen) atoms. The van der Waals surface area contributed by atoms with Gasteiger partial charge in [-0.2, -0.15) is 0 Å². The van der Waals surface area contributed by atoms with Crippen LogP contribution in [0, 0.1) is 0 Å². The molecule has 4 aromatic heterocycles. The van der Waals surface area contributed by atoms with Crippen LogP contribution in [-0.4, -0.2) is 37.5 Å². The molecule has 278 valence electrons. The largest absolute Gasteiger partial charge is 0.261 e. The van der Waals surface area contributed by atoms with Crippen molar-refractivity contribution in [3.8, 4) is 0 Å². The van der Waals surface area contributed by atoms with E-state index in [2.05, 4.69) is 165 Å². The van der Waals surface area contributed by atoms with E-state index in [0.717, 1.165) is 0 Å². The molecule has 0 saturated carbocycles. The first-order valence-electron chi connectivity index (χ1n) is 17.6. The molecular weight excluding hydrogens is 768 g/mol. The van der Waals surface area contributed by atoms with Gasteiger partial charge in [0.05, 0.1) is 17.6 Å². The van der Waals surface area contributed by atoms with E-state index >= 15 is 0 Å². The van der Waals surface area contributed by atoms with Crippen molar-refractivity contribution in [2.75, 3.05) is 0 Å². The van der Waals surface area contributed by atoms with Gasteiger partial charge in [0.25, 0.3) is 0 Å². The molecule has 6 aromatic rings. The standard InChI is InChI=1S/2C22H26N2Si.2Cu/c2*1-21(2,19-14-8-10-16-23-19)25(18-12-6-5-7-13-18)22(3,4)20-15-9-11-17-24-20;;/h2*5-17,25H,1-4H3;;. The molecule has 0 aliphatic heterocycles. The summed E-state index contributed by atoms with van der Waals surface area (Å²) in [6.07, 6.45) is 7.62. The van der Waals surface area contributed by atoms with Crippen molar-refractivity contribution in [3.05, 3.63) is 181 Å². The summed E-state index contributed by atoms with van der Waals surface area (Å²) in [4.78, 5) is 18.9. The van der Waals surface area contributed by atoms with E-state index in [0.29, 0.717) is 0 Å². The summed E-state index contributed by atoms with van der Waals surface area (Å²) in [5, 5.41) is 2.86. The number of pyridine rings is 4. The van der Waals surface area contributed by atoms with Crippen molar-refractivity contribution in [3.63, 3.8) is 0 Å². The predicted molar refractivity (Wildman–Crippen MR) is 216 cm³/mol. The molecule has 0 unspecified atom stereocenters. The van der Waals surface area contributed by atoms with Gasteiger partial charge in [-0.1, -0.05) is 151 Å². The summed E-state index contributed by atoms with van der Waals surface area (Å²) >= 11 is 0. The summed E-state index contributed by atoms with van der Waals surface area (Å²) < 4.78 is 0. The Morgan fingerprint density at radius 3 is 0.712 bits per heavy atom. The van der Waals surface area contributed by atoms with Crippen LogP contribution >= 0.6 is 0 Å². The molecule has 0 fully saturated rings. The molecule has 0 spiro atoms. The second-order valence-corrected chi connectivity index (χ2v) is 24.3. The van der Waals surface area contributed by atoms with Crippen LogP contribution in [0.5, 0.6) is 0 Å². The molecule has 0 bridgehead atoms. The second-order valence-electron chi connectivity index (χ2n) is 15.4. The predicted octanol–water partition coefficient (Wildman–Crippen LogP) is 7.88. The molecule has 4 heterocycles. The van der Waals surface area contributed by atoms with Crippen LogP contribution in [0.1, 0.15) is 78.2 Å². The van der Waals surface area contributed by atoms with Gasteiger partial charge in [0, 0.05) is 102 Å². The number of hydrogen-bond donors (Lipinski definition) is 0. The zero-order valence-corrected chi connectivity index (χ0v) is 35.8. The number of aromatic nitrogens is 4. The van der Waals surface area contributed by atoms with Gasteiger partial charge < -0.3 is 0 Å². The minimum absolute atomic E-state index is 0. The van der Waals surface area contributed by atoms with E-state index in [1.165, 1.54) is 33.1 Å². The van der Waals surface area contributed by atoms with Gasteiger partial charge in [0.1, 0.15) is 0 Å². The van der Waals surface area contributed by atoms with E-state index in [4.69, 9.17) is 19.9 Å². The van der Waals surface area contributed by atoms with Crippen LogP contribution in [0.3, 0.4) is 0 Å². The third kappa shape index (κ3) is 9.54. The molecular formula is C44H52Cu2N4Si2. The normalized spacial score (nSPS) is 11.9. The number of benzene rings is 2. The molecule has 8 heteroatoms. The quantitative estimate of drug-likeness (QED) is 0.132. The number of rotatable bonds is 10. The van der Waals surface area contributed by atoms with E-state index in [-0.39, 0.29) is 54.3 Å². The Hall–Kier alpha value is -3.49. The van der Waals surface area contributed by atoms with Gasteiger partial charge in [-0.15, -0.1) is 0 Å². The van der Waals surface area contributed by atoms with Gasteiger partial charge in [0.15, 0.2) is 0 Å². The van der Waals surface area contributed by atoms with Crippen molar-refractivity contribution in [2.24, 2.45) is 0 Å². The van der Waals surface area contributed by atoms with Gasteiger partial charge in [-0.3, -0.25) is 19.9 Å². The first-order valence-corrected chi connectivity index (χ1v) is 21.1. The van der Waals surface area contributed by atoms with Crippen molar-refractivity contribution < 1.29 is 34.1 Å². The summed E-state index contributed by atoms with van der Waals surface area (Å²) in [6.45, 7) is 18.8. The summed E-state index contributed by atoms with van der Waals surface area (Å²) in [6, 6.07) is 46.9. The third-order valence-electron chi connectivity index (χ3n) is 10.5. The Morgan fingerprint density at radius 2 is 0.519 bits per heavy atom. The van der Waals surface area contributed by atoms with Crippen LogP contribution in [-0.2, 0) is 54.3 Å². The Kier molecular flexibility index (Phi) is 15.3. The van der Waals surface area contributed by atoms with Crippen molar-refractivity contribution >= 4 is 28.0 Å². The van der Waals surface area contributed by atoms with Gasteiger partial charge in [-0.05, 0) is 48.5 Å². The molecule has 0 aliphatic carbocycles. The Bertz CT molecular complexity index is 1650. The molecule has 2 aromatic carbocycles. The van der Waals surface area contributed by atoms with Crippen LogP contribution in [0.2, 0.25) is 0 Å². The maximum absolute atomic E-state index is 4.72. The van der Waals surface area contributed by atoms with Crippen molar-refractivity contribution in [1.82, 2.24) is 19.9 Å². The van der Waals surface area contributed by atoms with Crippen LogP contribution in [0.4, 0.5) is 0 Å². The monoisotopic (exact) mass is 818 g/mol. The van der Waals surface area contributed by atoms with E-state index in [9.17, 15) is 0 Å². The van der Waals surface area contributed by atoms with Gasteiger partial charge >= 0.3 is 0 Å². The van der Waals surface area contributed by atoms with E-state index in [1.54, 1.807) is 0 Å². The average Bonchev–Trinajstić information content (AvgIpc) is 3.14. The van der Waals surface area contributed by atoms with E-state index in [1.807, 2.05) is 49.1 Å². The van der Waals surface area contributed by atoms with Gasteiger partial charge in [0.2, 0.25) is 0 Å². The Morgan fingerprint density at radius 1 is 0.308 bits per heavy atom.